The summed E-state index contributed by atoms with van der Waals surface area (Å²) in [5, 5.41) is -1.81. The maximum atomic E-state index is 12.5. The van der Waals surface area contributed by atoms with Gasteiger partial charge in [-0.1, -0.05) is 23.2 Å². The summed E-state index contributed by atoms with van der Waals surface area (Å²) in [7, 11) is 0. The molecule has 1 heterocycles. The van der Waals surface area contributed by atoms with Crippen LogP contribution in [0.3, 0.4) is 0 Å². The number of hydrogen-bond donors (Lipinski definition) is 0. The fourth-order valence-corrected chi connectivity index (χ4v) is 0.784. The summed E-state index contributed by atoms with van der Waals surface area (Å²) in [5.41, 5.74) is 0. The summed E-state index contributed by atoms with van der Waals surface area (Å²) in [4.78, 5) is 2.60. The van der Waals surface area contributed by atoms with Gasteiger partial charge in [0.15, 0.2) is 5.82 Å². The maximum Gasteiger partial charge on any atom is 0.237 e. The van der Waals surface area contributed by atoms with Crippen LogP contribution in [0, 0.1) is 17.7 Å². The van der Waals surface area contributed by atoms with Crippen LogP contribution in [0.5, 0.6) is 0 Å². The minimum Gasteiger partial charge on any atom is -0.203 e. The van der Waals surface area contributed by atoms with Crippen LogP contribution in [0.1, 0.15) is 0 Å². The van der Waals surface area contributed by atoms with Crippen molar-refractivity contribution in [2.75, 3.05) is 0 Å². The first-order valence-electron chi connectivity index (χ1n) is 2.39. The predicted molar refractivity (Wildman–Crippen MR) is 39.9 cm³/mol. The van der Waals surface area contributed by atoms with Gasteiger partial charge in [-0.25, -0.2) is 4.39 Å². The van der Waals surface area contributed by atoms with Crippen LogP contribution in [0.2, 0.25) is 10.0 Å². The average molecular weight is 213 g/mol. The monoisotopic (exact) mass is 212 g/mol. The summed E-state index contributed by atoms with van der Waals surface area (Å²) in [6.45, 7) is 0. The van der Waals surface area contributed by atoms with Crippen molar-refractivity contribution in [1.82, 2.24) is 4.98 Å². The van der Waals surface area contributed by atoms with Gasteiger partial charge < -0.3 is 0 Å². The predicted octanol–water partition coefficient (Wildman–Crippen LogP) is 2.42. The zero-order valence-corrected chi connectivity index (χ0v) is 6.93. The zero-order chi connectivity index (χ0) is 8.59. The number of hydrogen-bond acceptors (Lipinski definition) is 1. The molecule has 0 saturated carbocycles. The van der Waals surface area contributed by atoms with Gasteiger partial charge in [-0.3, -0.25) is 0 Å². The van der Waals surface area contributed by atoms with Crippen LogP contribution in [-0.2, 0) is 0 Å². The Morgan fingerprint density at radius 1 is 0.917 bits per heavy atom. The van der Waals surface area contributed by atoms with Gasteiger partial charge in [0, 0.05) is 8.41 Å². The minimum absolute atomic E-state index is 0. The van der Waals surface area contributed by atoms with Crippen molar-refractivity contribution in [2.45, 2.75) is 0 Å². The van der Waals surface area contributed by atoms with Gasteiger partial charge in [-0.05, 0) is 0 Å². The third kappa shape index (κ3) is 1.84. The topological polar surface area (TPSA) is 12.9 Å². The van der Waals surface area contributed by atoms with E-state index in [1.807, 2.05) is 0 Å². The molecule has 0 aromatic carbocycles. The molecule has 0 saturated heterocycles. The Labute approximate surface area is 78.1 Å². The molecule has 0 atom stereocenters. The van der Waals surface area contributed by atoms with Gasteiger partial charge in [0.25, 0.3) is 0 Å². The molecular formula is C5BCl2F3N. The van der Waals surface area contributed by atoms with E-state index in [-0.39, 0.29) is 8.41 Å². The highest BCUT2D eigenvalue weighted by Gasteiger charge is 2.16. The van der Waals surface area contributed by atoms with Crippen LogP contribution in [0.4, 0.5) is 13.2 Å². The van der Waals surface area contributed by atoms with Crippen molar-refractivity contribution in [3.05, 3.63) is 27.8 Å². The van der Waals surface area contributed by atoms with E-state index in [0.717, 1.165) is 0 Å². The Balaban J connectivity index is 0.00000121. The Bertz CT molecular complexity index is 281. The van der Waals surface area contributed by atoms with Crippen molar-refractivity contribution in [1.29, 1.82) is 0 Å². The zero-order valence-electron chi connectivity index (χ0n) is 5.41. The molecule has 7 heteroatoms. The molecule has 1 aromatic heterocycles. The number of halogens is 5. The molecule has 0 aliphatic heterocycles. The molecule has 0 bridgehead atoms. The molecule has 0 spiro atoms. The average Bonchev–Trinajstić information content (AvgIpc) is 1.97. The van der Waals surface area contributed by atoms with E-state index in [4.69, 9.17) is 23.2 Å². The van der Waals surface area contributed by atoms with Gasteiger partial charge in [0.1, 0.15) is 10.0 Å². The fraction of sp³-hybridized carbons (Fsp3) is 0. The fourth-order valence-electron chi connectivity index (χ4n) is 0.462. The summed E-state index contributed by atoms with van der Waals surface area (Å²) in [6, 6.07) is 0. The summed E-state index contributed by atoms with van der Waals surface area (Å²) >= 11 is 9.98. The molecule has 0 amide bonds. The van der Waals surface area contributed by atoms with E-state index in [2.05, 4.69) is 4.98 Å². The highest BCUT2D eigenvalue weighted by atomic mass is 35.5. The molecular weight excluding hydrogens is 213 g/mol. The first kappa shape index (κ1) is 11.6. The van der Waals surface area contributed by atoms with Crippen LogP contribution in [0.25, 0.3) is 0 Å². The standard InChI is InChI=1S/C5Cl2F3N.B/c6-1-3(8)2(7)5(10)11-4(1)9;. The lowest BCUT2D eigenvalue weighted by Crippen LogP contribution is -1.95. The summed E-state index contributed by atoms with van der Waals surface area (Å²) in [6.07, 6.45) is 0. The molecule has 63 valence electrons. The molecule has 0 fully saturated rings. The first-order chi connectivity index (χ1) is 5.04. The van der Waals surface area contributed by atoms with E-state index in [1.54, 1.807) is 0 Å². The second-order valence-electron chi connectivity index (χ2n) is 1.64. The smallest absolute Gasteiger partial charge is 0.203 e. The van der Waals surface area contributed by atoms with Gasteiger partial charge in [-0.2, -0.15) is 13.8 Å². The van der Waals surface area contributed by atoms with Crippen molar-refractivity contribution < 1.29 is 13.2 Å². The lowest BCUT2D eigenvalue weighted by molar-refractivity contribution is 0.488. The van der Waals surface area contributed by atoms with Gasteiger partial charge in [0.05, 0.1) is 0 Å². The highest BCUT2D eigenvalue weighted by Crippen LogP contribution is 2.25. The molecule has 0 N–H and O–H groups in total. The van der Waals surface area contributed by atoms with Gasteiger partial charge in [0.2, 0.25) is 11.9 Å². The largest absolute Gasteiger partial charge is 0.237 e. The van der Waals surface area contributed by atoms with Gasteiger partial charge in [-0.15, -0.1) is 0 Å². The minimum atomic E-state index is -1.41. The van der Waals surface area contributed by atoms with Crippen LogP contribution < -0.4 is 0 Å². The van der Waals surface area contributed by atoms with E-state index in [1.165, 1.54) is 0 Å². The number of aromatic nitrogens is 1. The molecule has 3 radical (unpaired) electrons. The Morgan fingerprint density at radius 2 is 1.25 bits per heavy atom. The maximum absolute atomic E-state index is 12.5. The molecule has 12 heavy (non-hydrogen) atoms. The quantitative estimate of drug-likeness (QED) is 0.476. The Hall–Kier alpha value is -0.415. The van der Waals surface area contributed by atoms with Crippen molar-refractivity contribution >= 4 is 31.6 Å². The molecule has 0 aliphatic carbocycles. The molecule has 1 aromatic rings. The van der Waals surface area contributed by atoms with E-state index >= 15 is 0 Å². The lowest BCUT2D eigenvalue weighted by Gasteiger charge is -1.97. The molecule has 1 rings (SSSR count). The second kappa shape index (κ2) is 4.00. The Kier molecular flexibility index (Phi) is 3.87. The van der Waals surface area contributed by atoms with Crippen molar-refractivity contribution in [3.8, 4) is 0 Å². The normalized spacial score (nSPS) is 9.42. The van der Waals surface area contributed by atoms with E-state index < -0.39 is 27.8 Å². The summed E-state index contributed by atoms with van der Waals surface area (Å²) in [5.74, 6) is -4.16. The van der Waals surface area contributed by atoms with Crippen molar-refractivity contribution in [3.63, 3.8) is 0 Å². The lowest BCUT2D eigenvalue weighted by atomic mass is 10.4. The number of rotatable bonds is 0. The van der Waals surface area contributed by atoms with E-state index in [0.29, 0.717) is 0 Å². The van der Waals surface area contributed by atoms with Crippen LogP contribution >= 0.6 is 23.2 Å². The van der Waals surface area contributed by atoms with Crippen LogP contribution in [0.15, 0.2) is 0 Å². The SMILES string of the molecule is Fc1nc(F)c(Cl)c(F)c1Cl.[B]. The number of pyridine rings is 1. The first-order valence-corrected chi connectivity index (χ1v) is 3.15. The second-order valence-corrected chi connectivity index (χ2v) is 2.39. The third-order valence-electron chi connectivity index (χ3n) is 0.944. The highest BCUT2D eigenvalue weighted by molar-refractivity contribution is 6.34. The third-order valence-corrected chi connectivity index (χ3v) is 1.59. The van der Waals surface area contributed by atoms with Crippen LogP contribution in [-0.4, -0.2) is 13.4 Å². The molecule has 0 unspecified atom stereocenters. The molecule has 1 nitrogen and oxygen atoms in total. The van der Waals surface area contributed by atoms with Crippen molar-refractivity contribution in [2.24, 2.45) is 0 Å². The summed E-state index contributed by atoms with van der Waals surface area (Å²) < 4.78 is 36.9. The Morgan fingerprint density at radius 3 is 1.58 bits per heavy atom. The number of nitrogens with zero attached hydrogens (tertiary/aromatic N) is 1. The van der Waals surface area contributed by atoms with Gasteiger partial charge >= 0.3 is 0 Å². The van der Waals surface area contributed by atoms with E-state index in [9.17, 15) is 13.2 Å². The molecule has 0 aliphatic rings.